The summed E-state index contributed by atoms with van der Waals surface area (Å²) in [6.45, 7) is 0. The highest BCUT2D eigenvalue weighted by Gasteiger charge is 2.13. The van der Waals surface area contributed by atoms with Gasteiger partial charge in [-0.25, -0.2) is 4.39 Å². The average Bonchev–Trinajstić information content (AvgIpc) is 2.65. The van der Waals surface area contributed by atoms with E-state index in [0.29, 0.717) is 16.1 Å². The largest absolute Gasteiger partial charge is 0.356 e. The second kappa shape index (κ2) is 4.33. The van der Waals surface area contributed by atoms with Crippen LogP contribution in [0.1, 0.15) is 5.56 Å². The molecule has 2 nitrogen and oxygen atoms in total. The van der Waals surface area contributed by atoms with E-state index in [1.807, 2.05) is 0 Å². The van der Waals surface area contributed by atoms with Gasteiger partial charge < -0.3 is 4.52 Å². The third-order valence-corrected chi connectivity index (χ3v) is 2.91. The molecule has 0 unspecified atom stereocenters. The van der Waals surface area contributed by atoms with Crippen molar-refractivity contribution in [3.8, 4) is 11.3 Å². The normalized spacial score (nSPS) is 10.6. The lowest BCUT2D eigenvalue weighted by Gasteiger charge is -2.01. The van der Waals surface area contributed by atoms with Gasteiger partial charge in [0.1, 0.15) is 5.82 Å². The first-order valence-corrected chi connectivity index (χ1v) is 5.50. The Balaban J connectivity index is 2.54. The van der Waals surface area contributed by atoms with Gasteiger partial charge in [-0.15, -0.1) is 11.6 Å². The minimum Gasteiger partial charge on any atom is -0.356 e. The molecule has 0 fully saturated rings. The fourth-order valence-corrected chi connectivity index (χ4v) is 1.97. The van der Waals surface area contributed by atoms with E-state index >= 15 is 0 Å². The topological polar surface area (TPSA) is 26.0 Å². The van der Waals surface area contributed by atoms with Crippen molar-refractivity contribution in [3.63, 3.8) is 0 Å². The predicted octanol–water partition coefficient (Wildman–Crippen LogP) is 3.98. The second-order valence-electron chi connectivity index (χ2n) is 2.94. The van der Waals surface area contributed by atoms with Crippen LogP contribution in [0.2, 0.25) is 0 Å². The summed E-state index contributed by atoms with van der Waals surface area (Å²) in [6.07, 6.45) is 1.55. The minimum absolute atomic E-state index is 0.308. The Labute approximate surface area is 99.2 Å². The maximum atomic E-state index is 12.9. The van der Waals surface area contributed by atoms with E-state index in [4.69, 9.17) is 16.1 Å². The van der Waals surface area contributed by atoms with Gasteiger partial charge >= 0.3 is 0 Å². The van der Waals surface area contributed by atoms with Crippen LogP contribution < -0.4 is 0 Å². The van der Waals surface area contributed by atoms with Gasteiger partial charge in [0, 0.05) is 15.6 Å². The van der Waals surface area contributed by atoms with Gasteiger partial charge in [-0.2, -0.15) is 0 Å². The smallest absolute Gasteiger partial charge is 0.172 e. The molecule has 1 heterocycles. The third kappa shape index (κ3) is 2.06. The summed E-state index contributed by atoms with van der Waals surface area (Å²) in [7, 11) is 0. The number of benzene rings is 1. The van der Waals surface area contributed by atoms with Gasteiger partial charge in [-0.05, 0) is 34.1 Å². The number of rotatable bonds is 2. The third-order valence-electron chi connectivity index (χ3n) is 1.96. The molecule has 2 rings (SSSR count). The van der Waals surface area contributed by atoms with Crippen LogP contribution in [-0.4, -0.2) is 5.16 Å². The zero-order chi connectivity index (χ0) is 10.8. The van der Waals surface area contributed by atoms with Crippen molar-refractivity contribution >= 4 is 27.5 Å². The summed E-state index contributed by atoms with van der Waals surface area (Å²) in [4.78, 5) is 0. The van der Waals surface area contributed by atoms with Crippen molar-refractivity contribution < 1.29 is 8.91 Å². The van der Waals surface area contributed by atoms with Crippen molar-refractivity contribution in [1.82, 2.24) is 5.16 Å². The molecule has 0 spiro atoms. The molecule has 5 heteroatoms. The van der Waals surface area contributed by atoms with Gasteiger partial charge in [-0.3, -0.25) is 0 Å². The second-order valence-corrected chi connectivity index (χ2v) is 4.06. The molecule has 0 saturated heterocycles. The molecule has 0 N–H and O–H groups in total. The monoisotopic (exact) mass is 289 g/mol. The number of nitrogens with zero attached hydrogens (tertiary/aromatic N) is 1. The quantitative estimate of drug-likeness (QED) is 0.782. The van der Waals surface area contributed by atoms with Crippen LogP contribution in [0.25, 0.3) is 11.3 Å². The molecule has 15 heavy (non-hydrogen) atoms. The van der Waals surface area contributed by atoms with Crippen LogP contribution in [0.3, 0.4) is 0 Å². The van der Waals surface area contributed by atoms with Crippen LogP contribution in [-0.2, 0) is 5.88 Å². The Bertz CT molecular complexity index is 486. The Morgan fingerprint density at radius 3 is 2.93 bits per heavy atom. The molecule has 1 aromatic carbocycles. The summed E-state index contributed by atoms with van der Waals surface area (Å²) < 4.78 is 18.6. The SMILES string of the molecule is Fc1ccc(-c2oncc2CCl)c(Br)c1. The van der Waals surface area contributed by atoms with E-state index in [2.05, 4.69) is 21.1 Å². The molecule has 0 aliphatic rings. The Morgan fingerprint density at radius 2 is 2.27 bits per heavy atom. The van der Waals surface area contributed by atoms with Crippen molar-refractivity contribution in [2.24, 2.45) is 0 Å². The molecular formula is C10H6BrClFNO. The highest BCUT2D eigenvalue weighted by atomic mass is 79.9. The van der Waals surface area contributed by atoms with Crippen LogP contribution in [0, 0.1) is 5.82 Å². The summed E-state index contributed by atoms with van der Waals surface area (Å²) >= 11 is 8.98. The van der Waals surface area contributed by atoms with E-state index in [0.717, 1.165) is 11.1 Å². The van der Waals surface area contributed by atoms with E-state index < -0.39 is 0 Å². The van der Waals surface area contributed by atoms with Crippen LogP contribution in [0.15, 0.2) is 33.4 Å². The van der Waals surface area contributed by atoms with Crippen LogP contribution in [0.4, 0.5) is 4.39 Å². The van der Waals surface area contributed by atoms with Crippen molar-refractivity contribution in [2.75, 3.05) is 0 Å². The lowest BCUT2D eigenvalue weighted by molar-refractivity contribution is 0.431. The predicted molar refractivity (Wildman–Crippen MR) is 59.2 cm³/mol. The molecule has 0 saturated carbocycles. The Kier molecular flexibility index (Phi) is 3.07. The number of aromatic nitrogens is 1. The summed E-state index contributed by atoms with van der Waals surface area (Å²) in [5.41, 5.74) is 1.52. The molecule has 0 bridgehead atoms. The first-order valence-electron chi connectivity index (χ1n) is 4.17. The van der Waals surface area contributed by atoms with Gasteiger partial charge in [0.25, 0.3) is 0 Å². The molecular weight excluding hydrogens is 284 g/mol. The summed E-state index contributed by atoms with van der Waals surface area (Å²) in [6, 6.07) is 4.35. The number of alkyl halides is 1. The van der Waals surface area contributed by atoms with Crippen molar-refractivity contribution in [1.29, 1.82) is 0 Å². The van der Waals surface area contributed by atoms with Gasteiger partial charge in [0.2, 0.25) is 0 Å². The molecule has 1 aromatic heterocycles. The number of hydrogen-bond acceptors (Lipinski definition) is 2. The zero-order valence-electron chi connectivity index (χ0n) is 7.51. The van der Waals surface area contributed by atoms with E-state index in [1.165, 1.54) is 12.1 Å². The maximum absolute atomic E-state index is 12.9. The maximum Gasteiger partial charge on any atom is 0.172 e. The highest BCUT2D eigenvalue weighted by Crippen LogP contribution is 2.31. The number of hydrogen-bond donors (Lipinski definition) is 0. The van der Waals surface area contributed by atoms with Crippen LogP contribution >= 0.6 is 27.5 Å². The van der Waals surface area contributed by atoms with Crippen molar-refractivity contribution in [2.45, 2.75) is 5.88 Å². The Morgan fingerprint density at radius 1 is 1.47 bits per heavy atom. The summed E-state index contributed by atoms with van der Waals surface area (Å²) in [5, 5.41) is 3.66. The molecule has 0 aliphatic carbocycles. The average molecular weight is 291 g/mol. The zero-order valence-corrected chi connectivity index (χ0v) is 9.85. The van der Waals surface area contributed by atoms with Crippen molar-refractivity contribution in [3.05, 3.63) is 40.2 Å². The minimum atomic E-state index is -0.308. The molecule has 0 radical (unpaired) electrons. The van der Waals surface area contributed by atoms with Gasteiger partial charge in [0.15, 0.2) is 5.76 Å². The highest BCUT2D eigenvalue weighted by molar-refractivity contribution is 9.10. The van der Waals surface area contributed by atoms with E-state index in [-0.39, 0.29) is 5.82 Å². The molecule has 0 atom stereocenters. The lowest BCUT2D eigenvalue weighted by atomic mass is 10.1. The lowest BCUT2D eigenvalue weighted by Crippen LogP contribution is -1.83. The van der Waals surface area contributed by atoms with E-state index in [9.17, 15) is 4.39 Å². The van der Waals surface area contributed by atoms with Gasteiger partial charge in [0.05, 0.1) is 12.1 Å². The Hall–Kier alpha value is -0.870. The molecule has 78 valence electrons. The molecule has 0 aliphatic heterocycles. The first kappa shape index (κ1) is 10.6. The fourth-order valence-electron chi connectivity index (χ4n) is 1.25. The van der Waals surface area contributed by atoms with Gasteiger partial charge in [-0.1, -0.05) is 5.16 Å². The summed E-state index contributed by atoms with van der Waals surface area (Å²) in [5.74, 6) is 0.567. The number of halogens is 3. The first-order chi connectivity index (χ1) is 7.22. The van der Waals surface area contributed by atoms with E-state index in [1.54, 1.807) is 12.3 Å². The molecule has 2 aromatic rings. The van der Waals surface area contributed by atoms with Crippen LogP contribution in [0.5, 0.6) is 0 Å². The molecule has 0 amide bonds. The fraction of sp³-hybridized carbons (Fsp3) is 0.100. The standard InChI is InChI=1S/C10H6BrClFNO/c11-9-3-7(13)1-2-8(9)10-6(4-12)5-14-15-10/h1-3,5H,4H2.